The van der Waals surface area contributed by atoms with Crippen molar-refractivity contribution in [2.45, 2.75) is 19.9 Å². The summed E-state index contributed by atoms with van der Waals surface area (Å²) < 4.78 is 28.3. The van der Waals surface area contributed by atoms with E-state index in [0.717, 1.165) is 17.4 Å². The Labute approximate surface area is 129 Å². The Morgan fingerprint density at radius 2 is 1.91 bits per heavy atom. The SMILES string of the molecule is CCc1ccc2oc(=O)cc(CN3CCS(=O)(=O)CC3)c2c1. The maximum Gasteiger partial charge on any atom is 0.336 e. The van der Waals surface area contributed by atoms with Crippen molar-refractivity contribution in [3.8, 4) is 0 Å². The number of fused-ring (bicyclic) bond motifs is 1. The van der Waals surface area contributed by atoms with E-state index < -0.39 is 9.84 Å². The van der Waals surface area contributed by atoms with Gasteiger partial charge in [-0.15, -0.1) is 0 Å². The first kappa shape index (κ1) is 15.2. The highest BCUT2D eigenvalue weighted by atomic mass is 32.2. The summed E-state index contributed by atoms with van der Waals surface area (Å²) in [6.45, 7) is 3.68. The molecule has 118 valence electrons. The van der Waals surface area contributed by atoms with Crippen LogP contribution in [0, 0.1) is 0 Å². The molecule has 0 radical (unpaired) electrons. The van der Waals surface area contributed by atoms with Gasteiger partial charge in [0, 0.05) is 31.1 Å². The molecular weight excluding hydrogens is 302 g/mol. The maximum atomic E-state index is 11.7. The Kier molecular flexibility index (Phi) is 4.06. The van der Waals surface area contributed by atoms with Gasteiger partial charge in [0.15, 0.2) is 9.84 Å². The summed E-state index contributed by atoms with van der Waals surface area (Å²) in [6.07, 6.45) is 0.913. The van der Waals surface area contributed by atoms with Crippen molar-refractivity contribution in [3.05, 3.63) is 45.8 Å². The van der Waals surface area contributed by atoms with Gasteiger partial charge in [0.1, 0.15) is 5.58 Å². The quantitative estimate of drug-likeness (QED) is 0.803. The molecule has 6 heteroatoms. The van der Waals surface area contributed by atoms with Gasteiger partial charge in [0.05, 0.1) is 11.5 Å². The van der Waals surface area contributed by atoms with Gasteiger partial charge in [-0.3, -0.25) is 4.90 Å². The molecule has 0 spiro atoms. The minimum absolute atomic E-state index is 0.187. The molecule has 3 rings (SSSR count). The predicted molar refractivity (Wildman–Crippen MR) is 85.8 cm³/mol. The molecule has 1 aliphatic heterocycles. The van der Waals surface area contributed by atoms with E-state index in [4.69, 9.17) is 4.42 Å². The van der Waals surface area contributed by atoms with Crippen molar-refractivity contribution in [1.82, 2.24) is 4.90 Å². The first-order chi connectivity index (χ1) is 10.5. The highest BCUT2D eigenvalue weighted by molar-refractivity contribution is 7.91. The van der Waals surface area contributed by atoms with Crippen molar-refractivity contribution in [2.75, 3.05) is 24.6 Å². The second kappa shape index (κ2) is 5.85. The summed E-state index contributed by atoms with van der Waals surface area (Å²) in [7, 11) is -2.89. The van der Waals surface area contributed by atoms with Crippen LogP contribution in [-0.2, 0) is 22.8 Å². The Morgan fingerprint density at radius 3 is 2.59 bits per heavy atom. The highest BCUT2D eigenvalue weighted by Crippen LogP contribution is 2.21. The lowest BCUT2D eigenvalue weighted by molar-refractivity contribution is 0.288. The monoisotopic (exact) mass is 321 g/mol. The largest absolute Gasteiger partial charge is 0.423 e. The molecule has 0 bridgehead atoms. The van der Waals surface area contributed by atoms with E-state index in [1.54, 1.807) is 0 Å². The van der Waals surface area contributed by atoms with Crippen LogP contribution < -0.4 is 5.63 Å². The standard InChI is InChI=1S/C16H19NO4S/c1-2-12-3-4-15-14(9-12)13(10-16(18)21-15)11-17-5-7-22(19,20)8-6-17/h3-4,9-10H,2,5-8,11H2,1H3. The van der Waals surface area contributed by atoms with Gasteiger partial charge in [0.25, 0.3) is 0 Å². The predicted octanol–water partition coefficient (Wildman–Crippen LogP) is 1.59. The zero-order chi connectivity index (χ0) is 15.7. The fourth-order valence-electron chi connectivity index (χ4n) is 2.77. The lowest BCUT2D eigenvalue weighted by Crippen LogP contribution is -2.39. The van der Waals surface area contributed by atoms with Crippen molar-refractivity contribution in [1.29, 1.82) is 0 Å². The lowest BCUT2D eigenvalue weighted by Gasteiger charge is -2.26. The average molecular weight is 321 g/mol. The number of aryl methyl sites for hydroxylation is 1. The van der Waals surface area contributed by atoms with Crippen molar-refractivity contribution in [2.24, 2.45) is 0 Å². The molecule has 0 unspecified atom stereocenters. The van der Waals surface area contributed by atoms with E-state index in [1.807, 2.05) is 18.2 Å². The Hall–Kier alpha value is -1.66. The zero-order valence-corrected chi connectivity index (χ0v) is 13.4. The van der Waals surface area contributed by atoms with E-state index in [2.05, 4.69) is 11.8 Å². The molecule has 0 N–H and O–H groups in total. The van der Waals surface area contributed by atoms with E-state index >= 15 is 0 Å². The summed E-state index contributed by atoms with van der Waals surface area (Å²) in [6, 6.07) is 7.36. The molecule has 1 fully saturated rings. The van der Waals surface area contributed by atoms with Gasteiger partial charge in [-0.1, -0.05) is 13.0 Å². The third kappa shape index (κ3) is 3.23. The van der Waals surface area contributed by atoms with E-state index in [1.165, 1.54) is 11.6 Å². The van der Waals surface area contributed by atoms with Crippen molar-refractivity contribution in [3.63, 3.8) is 0 Å². The van der Waals surface area contributed by atoms with Crippen LogP contribution in [0.5, 0.6) is 0 Å². The van der Waals surface area contributed by atoms with Crippen molar-refractivity contribution >= 4 is 20.8 Å². The fraction of sp³-hybridized carbons (Fsp3) is 0.438. The van der Waals surface area contributed by atoms with Crippen LogP contribution in [0.15, 0.2) is 33.5 Å². The van der Waals surface area contributed by atoms with Gasteiger partial charge in [-0.2, -0.15) is 0 Å². The normalized spacial score (nSPS) is 18.6. The third-order valence-corrected chi connectivity index (χ3v) is 5.74. The molecule has 0 amide bonds. The van der Waals surface area contributed by atoms with Crippen LogP contribution in [0.25, 0.3) is 11.0 Å². The Morgan fingerprint density at radius 1 is 1.18 bits per heavy atom. The van der Waals surface area contributed by atoms with Crippen LogP contribution in [0.3, 0.4) is 0 Å². The molecule has 1 saturated heterocycles. The van der Waals surface area contributed by atoms with Crippen LogP contribution >= 0.6 is 0 Å². The summed E-state index contributed by atoms with van der Waals surface area (Å²) >= 11 is 0. The smallest absolute Gasteiger partial charge is 0.336 e. The Balaban J connectivity index is 1.94. The number of rotatable bonds is 3. The maximum absolute atomic E-state index is 11.7. The molecule has 1 aromatic carbocycles. The zero-order valence-electron chi connectivity index (χ0n) is 12.5. The molecular formula is C16H19NO4S. The molecule has 1 aromatic heterocycles. The summed E-state index contributed by atoms with van der Waals surface area (Å²) in [5.41, 5.74) is 2.31. The summed E-state index contributed by atoms with van der Waals surface area (Å²) in [5.74, 6) is 0.374. The second-order valence-electron chi connectivity index (χ2n) is 5.70. The van der Waals surface area contributed by atoms with Gasteiger partial charge < -0.3 is 4.42 Å². The number of nitrogens with zero attached hydrogens (tertiary/aromatic N) is 1. The molecule has 5 nitrogen and oxygen atoms in total. The van der Waals surface area contributed by atoms with Gasteiger partial charge >= 0.3 is 5.63 Å². The number of sulfone groups is 1. The number of benzene rings is 1. The third-order valence-electron chi connectivity index (χ3n) is 4.13. The molecule has 22 heavy (non-hydrogen) atoms. The minimum Gasteiger partial charge on any atom is -0.423 e. The molecule has 2 aromatic rings. The fourth-order valence-corrected chi connectivity index (χ4v) is 4.05. The van der Waals surface area contributed by atoms with Crippen LogP contribution in [0.4, 0.5) is 0 Å². The van der Waals surface area contributed by atoms with E-state index in [0.29, 0.717) is 25.2 Å². The molecule has 1 aliphatic rings. The molecule has 0 aliphatic carbocycles. The summed E-state index contributed by atoms with van der Waals surface area (Å²) in [4.78, 5) is 13.8. The average Bonchev–Trinajstić information content (AvgIpc) is 2.49. The lowest BCUT2D eigenvalue weighted by atomic mass is 10.1. The van der Waals surface area contributed by atoms with E-state index in [-0.39, 0.29) is 17.1 Å². The second-order valence-corrected chi connectivity index (χ2v) is 8.01. The van der Waals surface area contributed by atoms with Crippen molar-refractivity contribution < 1.29 is 12.8 Å². The number of hydrogen-bond acceptors (Lipinski definition) is 5. The van der Waals surface area contributed by atoms with Gasteiger partial charge in [0.2, 0.25) is 0 Å². The van der Waals surface area contributed by atoms with Gasteiger partial charge in [-0.25, -0.2) is 13.2 Å². The Bertz CT molecular complexity index is 840. The minimum atomic E-state index is -2.89. The van der Waals surface area contributed by atoms with Crippen LogP contribution in [0.2, 0.25) is 0 Å². The topological polar surface area (TPSA) is 67.6 Å². The first-order valence-electron chi connectivity index (χ1n) is 7.45. The highest BCUT2D eigenvalue weighted by Gasteiger charge is 2.22. The van der Waals surface area contributed by atoms with Crippen LogP contribution in [-0.4, -0.2) is 37.9 Å². The first-order valence-corrected chi connectivity index (χ1v) is 9.27. The molecule has 0 atom stereocenters. The molecule has 0 saturated carbocycles. The van der Waals surface area contributed by atoms with E-state index in [9.17, 15) is 13.2 Å². The van der Waals surface area contributed by atoms with Crippen LogP contribution in [0.1, 0.15) is 18.1 Å². The summed E-state index contributed by atoms with van der Waals surface area (Å²) in [5, 5.41) is 0.937. The van der Waals surface area contributed by atoms with Gasteiger partial charge in [-0.05, 0) is 29.7 Å². The molecule has 2 heterocycles. The number of hydrogen-bond donors (Lipinski definition) is 0.